The summed E-state index contributed by atoms with van der Waals surface area (Å²) in [4.78, 5) is 37.1. The highest BCUT2D eigenvalue weighted by atomic mass is 19.1. The summed E-state index contributed by atoms with van der Waals surface area (Å²) in [6.07, 6.45) is 10.7. The molecule has 2 aliphatic heterocycles. The molecule has 1 unspecified atom stereocenters. The number of amides is 1. The van der Waals surface area contributed by atoms with Crippen molar-refractivity contribution >= 4 is 23.5 Å². The van der Waals surface area contributed by atoms with Crippen molar-refractivity contribution in [3.05, 3.63) is 83.7 Å². The molecule has 0 N–H and O–H groups in total. The molecule has 206 valence electrons. The molecule has 1 amide bonds. The fourth-order valence-corrected chi connectivity index (χ4v) is 4.75. The third kappa shape index (κ3) is 6.96. The Bertz CT molecular complexity index is 1290. The minimum absolute atomic E-state index is 0.0615. The Hall–Kier alpha value is -3.87. The average Bonchev–Trinajstić information content (AvgIpc) is 3.18. The molecular weight excluding hydrogens is 491 g/mol. The molecule has 0 spiro atoms. The van der Waals surface area contributed by atoms with Gasteiger partial charge in [0, 0.05) is 48.2 Å². The van der Waals surface area contributed by atoms with E-state index in [4.69, 9.17) is 4.99 Å². The molecule has 0 aliphatic carbocycles. The van der Waals surface area contributed by atoms with Crippen LogP contribution in [-0.4, -0.2) is 52.3 Å². The molecule has 6 nitrogen and oxygen atoms in total. The van der Waals surface area contributed by atoms with Crippen molar-refractivity contribution in [3.63, 3.8) is 0 Å². The molecule has 2 aliphatic rings. The number of hydrogen-bond donors (Lipinski definition) is 0. The van der Waals surface area contributed by atoms with Crippen LogP contribution < -0.4 is 0 Å². The van der Waals surface area contributed by atoms with E-state index in [0.717, 1.165) is 50.6 Å². The van der Waals surface area contributed by atoms with E-state index in [2.05, 4.69) is 18.5 Å². The van der Waals surface area contributed by atoms with E-state index in [-0.39, 0.29) is 11.9 Å². The number of benzene rings is 1. The van der Waals surface area contributed by atoms with Crippen LogP contribution in [0.3, 0.4) is 0 Å². The zero-order valence-electron chi connectivity index (χ0n) is 23.7. The van der Waals surface area contributed by atoms with E-state index in [1.807, 2.05) is 43.7 Å². The maximum atomic E-state index is 15.2. The van der Waals surface area contributed by atoms with Crippen LogP contribution in [0.2, 0.25) is 0 Å². The number of likely N-dealkylation sites (tertiary alicyclic amines) is 1. The second kappa shape index (κ2) is 13.8. The van der Waals surface area contributed by atoms with Crippen LogP contribution in [0.5, 0.6) is 0 Å². The number of hydrogen-bond acceptors (Lipinski definition) is 5. The fraction of sp³-hybridized carbons (Fsp3) is 0.375. The molecular formula is C32H39FN4O2. The number of halogens is 1. The molecule has 1 atom stereocenters. The lowest BCUT2D eigenvalue weighted by Gasteiger charge is -2.31. The number of carbonyl (C=O) groups excluding carboxylic acids is 2. The quantitative estimate of drug-likeness (QED) is 0.375. The van der Waals surface area contributed by atoms with Gasteiger partial charge in [-0.05, 0) is 62.1 Å². The Morgan fingerprint density at radius 2 is 1.95 bits per heavy atom. The third-order valence-corrected chi connectivity index (χ3v) is 7.04. The van der Waals surface area contributed by atoms with Gasteiger partial charge in [-0.15, -0.1) is 0 Å². The second-order valence-corrected chi connectivity index (χ2v) is 9.56. The van der Waals surface area contributed by atoms with Crippen LogP contribution in [-0.2, 0) is 4.79 Å². The Morgan fingerprint density at radius 3 is 2.59 bits per heavy atom. The normalized spacial score (nSPS) is 18.4. The molecule has 1 aromatic carbocycles. The number of allylic oxidation sites excluding steroid dienone is 3. The Labute approximate surface area is 231 Å². The smallest absolute Gasteiger partial charge is 0.272 e. The number of pyridine rings is 1. The van der Waals surface area contributed by atoms with Gasteiger partial charge in [0.05, 0.1) is 5.69 Å². The van der Waals surface area contributed by atoms with Crippen LogP contribution in [0, 0.1) is 5.82 Å². The van der Waals surface area contributed by atoms with Crippen LogP contribution in [0.4, 0.5) is 4.39 Å². The molecule has 39 heavy (non-hydrogen) atoms. The average molecular weight is 531 g/mol. The van der Waals surface area contributed by atoms with Gasteiger partial charge in [-0.3, -0.25) is 14.6 Å². The van der Waals surface area contributed by atoms with E-state index in [1.165, 1.54) is 12.3 Å². The van der Waals surface area contributed by atoms with Crippen LogP contribution in [0.1, 0.15) is 75.7 Å². The summed E-state index contributed by atoms with van der Waals surface area (Å²) in [6, 6.07) is 8.34. The van der Waals surface area contributed by atoms with Crippen molar-refractivity contribution in [1.82, 2.24) is 14.8 Å². The van der Waals surface area contributed by atoms with Crippen molar-refractivity contribution < 1.29 is 14.0 Å². The largest absolute Gasteiger partial charge is 0.335 e. The first-order valence-electron chi connectivity index (χ1n) is 13.8. The highest BCUT2D eigenvalue weighted by Crippen LogP contribution is 2.28. The summed E-state index contributed by atoms with van der Waals surface area (Å²) in [5, 5.41) is 0. The highest BCUT2D eigenvalue weighted by Gasteiger charge is 2.28. The molecule has 1 saturated heterocycles. The second-order valence-electron chi connectivity index (χ2n) is 9.56. The van der Waals surface area contributed by atoms with Crippen molar-refractivity contribution in [2.75, 3.05) is 13.6 Å². The zero-order chi connectivity index (χ0) is 28.5. The Kier molecular flexibility index (Phi) is 10.5. The topological polar surface area (TPSA) is 65.9 Å². The maximum absolute atomic E-state index is 15.2. The lowest BCUT2D eigenvalue weighted by atomic mass is 10.0. The molecule has 4 rings (SSSR count). The van der Waals surface area contributed by atoms with Crippen molar-refractivity contribution in [2.24, 2.45) is 4.99 Å². The number of aldehydes is 1. The van der Waals surface area contributed by atoms with Crippen molar-refractivity contribution in [1.29, 1.82) is 0 Å². The summed E-state index contributed by atoms with van der Waals surface area (Å²) in [7, 11) is 1.89. The molecule has 1 aromatic heterocycles. The summed E-state index contributed by atoms with van der Waals surface area (Å²) >= 11 is 0. The lowest BCUT2D eigenvalue weighted by Crippen LogP contribution is -2.43. The van der Waals surface area contributed by atoms with Gasteiger partial charge in [-0.25, -0.2) is 9.38 Å². The number of rotatable bonds is 6. The van der Waals surface area contributed by atoms with Crippen LogP contribution in [0.15, 0.2) is 71.8 Å². The predicted octanol–water partition coefficient (Wildman–Crippen LogP) is 7.05. The zero-order valence-corrected chi connectivity index (χ0v) is 23.7. The minimum atomic E-state index is -0.441. The molecule has 1 fully saturated rings. The van der Waals surface area contributed by atoms with Gasteiger partial charge < -0.3 is 9.80 Å². The molecule has 2 aromatic rings. The molecule has 0 saturated carbocycles. The Morgan fingerprint density at radius 1 is 1.18 bits per heavy atom. The first-order valence-corrected chi connectivity index (χ1v) is 13.8. The van der Waals surface area contributed by atoms with E-state index < -0.39 is 5.82 Å². The Balaban J connectivity index is 0.00000205. The van der Waals surface area contributed by atoms with Gasteiger partial charge in [0.2, 0.25) is 0 Å². The van der Waals surface area contributed by atoms with Crippen LogP contribution in [0.25, 0.3) is 16.8 Å². The standard InChI is InChI=1S/C30H33FN4O2.C2H6/c1-5-24-17-28(30(37)35-14-8-6-7-9-21(35)3)33-29(34(24)4)15-20(2)25-12-11-23(16-26(25)31)27-13-10-22(19-36)18-32-27;1-2/h10-13,15-19,21H,2,5-9,14H2,1,3-4H3;1-2H3/b29-15-;. The van der Waals surface area contributed by atoms with Gasteiger partial charge in [-0.1, -0.05) is 52.3 Å². The summed E-state index contributed by atoms with van der Waals surface area (Å²) < 4.78 is 15.2. The van der Waals surface area contributed by atoms with Gasteiger partial charge in [0.1, 0.15) is 17.3 Å². The monoisotopic (exact) mass is 530 g/mol. The summed E-state index contributed by atoms with van der Waals surface area (Å²) in [5.74, 6) is 0.0439. The SMILES string of the molecule is C=C(/C=C1/N=C(C(=O)N2CCCCCC2C)C=C(CC)N1C)c1ccc(-c2ccc(C=O)cn2)cc1F.CC. The van der Waals surface area contributed by atoms with Gasteiger partial charge in [0.25, 0.3) is 5.91 Å². The fourth-order valence-electron chi connectivity index (χ4n) is 4.75. The van der Waals surface area contributed by atoms with E-state index in [0.29, 0.717) is 39.5 Å². The highest BCUT2D eigenvalue weighted by molar-refractivity contribution is 6.43. The van der Waals surface area contributed by atoms with Gasteiger partial charge in [-0.2, -0.15) is 0 Å². The summed E-state index contributed by atoms with van der Waals surface area (Å²) in [6.45, 7) is 13.0. The number of nitrogens with zero attached hydrogens (tertiary/aromatic N) is 4. The first-order chi connectivity index (χ1) is 18.8. The third-order valence-electron chi connectivity index (χ3n) is 7.04. The van der Waals surface area contributed by atoms with Gasteiger partial charge >= 0.3 is 0 Å². The maximum Gasteiger partial charge on any atom is 0.272 e. The van der Waals surface area contributed by atoms with Gasteiger partial charge in [0.15, 0.2) is 6.29 Å². The molecule has 0 bridgehead atoms. The van der Waals surface area contributed by atoms with Crippen molar-refractivity contribution in [2.45, 2.75) is 65.8 Å². The predicted molar refractivity (Wildman–Crippen MR) is 157 cm³/mol. The van der Waals surface area contributed by atoms with Crippen LogP contribution >= 0.6 is 0 Å². The molecule has 7 heteroatoms. The number of aliphatic imine (C=N–C) groups is 1. The number of aromatic nitrogens is 1. The van der Waals surface area contributed by atoms with E-state index in [9.17, 15) is 9.59 Å². The summed E-state index contributed by atoms with van der Waals surface area (Å²) in [5.41, 5.74) is 3.78. The number of carbonyl (C=O) groups is 2. The first kappa shape index (κ1) is 29.7. The van der Waals surface area contributed by atoms with E-state index in [1.54, 1.807) is 30.3 Å². The minimum Gasteiger partial charge on any atom is -0.335 e. The lowest BCUT2D eigenvalue weighted by molar-refractivity contribution is -0.125. The van der Waals surface area contributed by atoms with Crippen molar-refractivity contribution in [3.8, 4) is 11.3 Å². The molecule has 3 heterocycles. The molecule has 0 radical (unpaired) electrons. The van der Waals surface area contributed by atoms with E-state index >= 15 is 4.39 Å².